The first kappa shape index (κ1) is 19.6. The predicted octanol–water partition coefficient (Wildman–Crippen LogP) is 0.976. The van der Waals surface area contributed by atoms with Gasteiger partial charge in [-0.15, -0.1) is 0 Å². The highest BCUT2D eigenvalue weighted by molar-refractivity contribution is 6.04. The number of hydrazone groups is 1. The van der Waals surface area contributed by atoms with Crippen LogP contribution in [0.25, 0.3) is 0 Å². The summed E-state index contributed by atoms with van der Waals surface area (Å²) in [6, 6.07) is 8.92. The Hall–Kier alpha value is -3.20. The standard InChI is InChI=1S/C19H22N4O5/c1-12(24)23-15(13-7-4-3-5-8-13)11-14(21-23)16-17(25)20-19(27)22(18(16)26)9-6-10-28-2/h3-5,7-8,15,26H,6,9-11H2,1-2H3,(H,20,25,27)/t15-/m1/s1. The molecule has 9 nitrogen and oxygen atoms in total. The molecule has 148 valence electrons. The van der Waals surface area contributed by atoms with Crippen LogP contribution in [0.15, 0.2) is 45.0 Å². The molecule has 0 saturated heterocycles. The third-order valence-electron chi connectivity index (χ3n) is 4.61. The van der Waals surface area contributed by atoms with Gasteiger partial charge in [-0.05, 0) is 12.0 Å². The van der Waals surface area contributed by atoms with Crippen molar-refractivity contribution < 1.29 is 14.6 Å². The number of rotatable bonds is 6. The van der Waals surface area contributed by atoms with Gasteiger partial charge in [-0.1, -0.05) is 30.3 Å². The zero-order valence-corrected chi connectivity index (χ0v) is 15.7. The normalized spacial score (nSPS) is 16.3. The number of nitrogens with one attached hydrogen (secondary N) is 1. The lowest BCUT2D eigenvalue weighted by atomic mass is 9.99. The van der Waals surface area contributed by atoms with E-state index in [1.165, 1.54) is 19.0 Å². The number of hydrogen-bond donors (Lipinski definition) is 2. The van der Waals surface area contributed by atoms with Crippen LogP contribution in [-0.2, 0) is 16.1 Å². The van der Waals surface area contributed by atoms with E-state index in [1.807, 2.05) is 30.3 Å². The minimum atomic E-state index is -0.735. The molecule has 2 aromatic rings. The second-order valence-corrected chi connectivity index (χ2v) is 6.50. The minimum Gasteiger partial charge on any atom is -0.494 e. The molecule has 3 rings (SSSR count). The summed E-state index contributed by atoms with van der Waals surface area (Å²) >= 11 is 0. The fourth-order valence-corrected chi connectivity index (χ4v) is 3.28. The molecule has 1 aromatic heterocycles. The molecular weight excluding hydrogens is 364 g/mol. The number of H-pyrrole nitrogens is 1. The van der Waals surface area contributed by atoms with E-state index in [0.29, 0.717) is 13.0 Å². The zero-order chi connectivity index (χ0) is 20.3. The highest BCUT2D eigenvalue weighted by Crippen LogP contribution is 2.33. The maximum atomic E-state index is 12.4. The smallest absolute Gasteiger partial charge is 0.331 e. The molecule has 9 heteroatoms. The van der Waals surface area contributed by atoms with Crippen molar-refractivity contribution in [3.63, 3.8) is 0 Å². The van der Waals surface area contributed by atoms with Crippen LogP contribution < -0.4 is 11.2 Å². The van der Waals surface area contributed by atoms with Gasteiger partial charge in [0.1, 0.15) is 5.56 Å². The Morgan fingerprint density at radius 1 is 1.32 bits per heavy atom. The van der Waals surface area contributed by atoms with Crippen molar-refractivity contribution in [2.24, 2.45) is 5.10 Å². The quantitative estimate of drug-likeness (QED) is 0.718. The maximum absolute atomic E-state index is 12.4. The van der Waals surface area contributed by atoms with Crippen LogP contribution in [0.2, 0.25) is 0 Å². The maximum Gasteiger partial charge on any atom is 0.331 e. The minimum absolute atomic E-state index is 0.0957. The average molecular weight is 386 g/mol. The van der Waals surface area contributed by atoms with Gasteiger partial charge in [-0.25, -0.2) is 9.80 Å². The number of aromatic amines is 1. The lowest BCUT2D eigenvalue weighted by molar-refractivity contribution is -0.130. The molecule has 0 aliphatic carbocycles. The summed E-state index contributed by atoms with van der Waals surface area (Å²) < 4.78 is 6.04. The number of aromatic nitrogens is 2. The summed E-state index contributed by atoms with van der Waals surface area (Å²) in [6.07, 6.45) is 0.727. The predicted molar refractivity (Wildman–Crippen MR) is 102 cm³/mol. The second-order valence-electron chi connectivity index (χ2n) is 6.50. The van der Waals surface area contributed by atoms with Gasteiger partial charge in [-0.3, -0.25) is 19.1 Å². The van der Waals surface area contributed by atoms with Gasteiger partial charge in [0.2, 0.25) is 11.8 Å². The summed E-state index contributed by atoms with van der Waals surface area (Å²) in [5.74, 6) is -0.742. The van der Waals surface area contributed by atoms with Gasteiger partial charge < -0.3 is 9.84 Å². The van der Waals surface area contributed by atoms with Gasteiger partial charge in [0, 0.05) is 33.6 Å². The molecule has 0 unspecified atom stereocenters. The van der Waals surface area contributed by atoms with Crippen LogP contribution in [0.5, 0.6) is 5.88 Å². The van der Waals surface area contributed by atoms with Crippen molar-refractivity contribution in [3.05, 3.63) is 62.3 Å². The molecule has 28 heavy (non-hydrogen) atoms. The van der Waals surface area contributed by atoms with Gasteiger partial charge in [0.05, 0.1) is 11.8 Å². The number of hydrogen-bond acceptors (Lipinski definition) is 6. The number of carbonyl (C=O) groups is 1. The van der Waals surface area contributed by atoms with Crippen LogP contribution >= 0.6 is 0 Å². The van der Waals surface area contributed by atoms with Crippen molar-refractivity contribution in [2.45, 2.75) is 32.4 Å². The number of aromatic hydroxyl groups is 1. The Bertz CT molecular complexity index is 1010. The summed E-state index contributed by atoms with van der Waals surface area (Å²) in [5.41, 5.74) is -0.420. The molecule has 1 atom stereocenters. The van der Waals surface area contributed by atoms with Crippen LogP contribution in [0.4, 0.5) is 0 Å². The molecule has 1 amide bonds. The Labute approximate surface area is 160 Å². The summed E-state index contributed by atoms with van der Waals surface area (Å²) in [7, 11) is 1.54. The van der Waals surface area contributed by atoms with E-state index >= 15 is 0 Å². The fourth-order valence-electron chi connectivity index (χ4n) is 3.28. The number of amides is 1. The van der Waals surface area contributed by atoms with Crippen molar-refractivity contribution in [3.8, 4) is 5.88 Å². The number of ether oxygens (including phenoxy) is 1. The van der Waals surface area contributed by atoms with Crippen molar-refractivity contribution in [1.82, 2.24) is 14.6 Å². The number of nitrogens with zero attached hydrogens (tertiary/aromatic N) is 3. The first-order valence-electron chi connectivity index (χ1n) is 8.91. The lowest BCUT2D eigenvalue weighted by Gasteiger charge is -2.20. The van der Waals surface area contributed by atoms with E-state index in [2.05, 4.69) is 10.1 Å². The molecule has 1 aliphatic heterocycles. The summed E-state index contributed by atoms with van der Waals surface area (Å²) in [4.78, 5) is 38.8. The number of benzene rings is 1. The van der Waals surface area contributed by atoms with E-state index in [0.717, 1.165) is 10.1 Å². The molecule has 1 aromatic carbocycles. The van der Waals surface area contributed by atoms with Gasteiger partial charge in [0.25, 0.3) is 5.56 Å². The average Bonchev–Trinajstić information content (AvgIpc) is 3.10. The molecule has 0 radical (unpaired) electrons. The topological polar surface area (TPSA) is 117 Å². The Kier molecular flexibility index (Phi) is 5.74. The molecule has 2 N–H and O–H groups in total. The molecule has 1 aliphatic rings. The first-order chi connectivity index (χ1) is 13.4. The SMILES string of the molecule is COCCCn1c(O)c(C2=NN(C(C)=O)[C@@H](c3ccccc3)C2)c(=O)[nH]c1=O. The Morgan fingerprint density at radius 2 is 2.04 bits per heavy atom. The number of carbonyl (C=O) groups excluding carboxylic acids is 1. The highest BCUT2D eigenvalue weighted by atomic mass is 16.5. The highest BCUT2D eigenvalue weighted by Gasteiger charge is 2.34. The largest absolute Gasteiger partial charge is 0.494 e. The van der Waals surface area contributed by atoms with E-state index in [4.69, 9.17) is 4.74 Å². The van der Waals surface area contributed by atoms with Crippen molar-refractivity contribution in [1.29, 1.82) is 0 Å². The fraction of sp³-hybridized carbons (Fsp3) is 0.368. The first-order valence-corrected chi connectivity index (χ1v) is 8.91. The summed E-state index contributed by atoms with van der Waals surface area (Å²) in [5, 5.41) is 16.2. The summed E-state index contributed by atoms with van der Waals surface area (Å²) in [6.45, 7) is 1.96. The van der Waals surface area contributed by atoms with E-state index < -0.39 is 17.1 Å². The zero-order valence-electron chi connectivity index (χ0n) is 15.7. The second kappa shape index (κ2) is 8.22. The molecule has 2 heterocycles. The van der Waals surface area contributed by atoms with Gasteiger partial charge in [-0.2, -0.15) is 5.10 Å². The molecular formula is C19H22N4O5. The van der Waals surface area contributed by atoms with Gasteiger partial charge in [0.15, 0.2) is 0 Å². The Morgan fingerprint density at radius 3 is 2.68 bits per heavy atom. The monoisotopic (exact) mass is 386 g/mol. The van der Waals surface area contributed by atoms with Crippen LogP contribution in [0.1, 0.15) is 36.9 Å². The van der Waals surface area contributed by atoms with Crippen LogP contribution in [0.3, 0.4) is 0 Å². The number of methoxy groups -OCH3 is 1. The van der Waals surface area contributed by atoms with Crippen molar-refractivity contribution in [2.75, 3.05) is 13.7 Å². The van der Waals surface area contributed by atoms with Crippen LogP contribution in [-0.4, -0.2) is 45.0 Å². The molecule has 0 fully saturated rings. The van der Waals surface area contributed by atoms with E-state index in [-0.39, 0.29) is 36.2 Å². The van der Waals surface area contributed by atoms with Crippen molar-refractivity contribution >= 4 is 11.6 Å². The Balaban J connectivity index is 2.02. The molecule has 0 saturated carbocycles. The van der Waals surface area contributed by atoms with E-state index in [9.17, 15) is 19.5 Å². The third kappa shape index (κ3) is 3.74. The third-order valence-corrected chi connectivity index (χ3v) is 4.61. The lowest BCUT2D eigenvalue weighted by Crippen LogP contribution is -2.34. The molecule has 0 bridgehead atoms. The van der Waals surface area contributed by atoms with E-state index in [1.54, 1.807) is 0 Å². The van der Waals surface area contributed by atoms with Crippen LogP contribution in [0, 0.1) is 0 Å². The van der Waals surface area contributed by atoms with Gasteiger partial charge >= 0.3 is 5.69 Å². The molecule has 0 spiro atoms.